The predicted octanol–water partition coefficient (Wildman–Crippen LogP) is 5.38. The van der Waals surface area contributed by atoms with Crippen LogP contribution in [0.1, 0.15) is 82.3 Å². The molecular weight excluding hydrogens is 360 g/mol. The third-order valence-corrected chi connectivity index (χ3v) is 5.88. The van der Waals surface area contributed by atoms with Crippen molar-refractivity contribution in [2.24, 2.45) is 0 Å². The van der Waals surface area contributed by atoms with E-state index < -0.39 is 0 Å². The zero-order valence-electron chi connectivity index (χ0n) is 19.2. The summed E-state index contributed by atoms with van der Waals surface area (Å²) in [4.78, 5) is 12.4. The van der Waals surface area contributed by atoms with Gasteiger partial charge in [-0.1, -0.05) is 33.3 Å². The minimum absolute atomic E-state index is 0.381. The van der Waals surface area contributed by atoms with Crippen LogP contribution in [0, 0.1) is 6.92 Å². The highest BCUT2D eigenvalue weighted by molar-refractivity contribution is 5.90. The van der Waals surface area contributed by atoms with E-state index in [2.05, 4.69) is 36.0 Å². The summed E-state index contributed by atoms with van der Waals surface area (Å²) >= 11 is 0. The third kappa shape index (κ3) is 4.66. The van der Waals surface area contributed by atoms with Crippen molar-refractivity contribution in [3.8, 4) is 0 Å². The minimum atomic E-state index is 0.381. The number of nitrogens with zero attached hydrogens (tertiary/aromatic N) is 4. The largest absolute Gasteiger partial charge is 0.400 e. The summed E-state index contributed by atoms with van der Waals surface area (Å²) in [6.07, 6.45) is 10.7. The molecule has 2 aliphatic rings. The summed E-state index contributed by atoms with van der Waals surface area (Å²) in [5, 5.41) is 7.00. The Hall–Kier alpha value is -1.88. The normalized spacial score (nSPS) is 16.4. The number of aliphatic hydroxyl groups is 1. The fraction of sp³-hybridized carbons (Fsp3) is 0.667. The SMILES string of the molecule is C=CC(CCC)c1c(C)nc2nc3n(c2c1N1CCCCC1)CCC3.CC.CO. The lowest BCUT2D eigenvalue weighted by atomic mass is 9.90. The molecule has 1 N–H and O–H groups in total. The lowest BCUT2D eigenvalue weighted by Crippen LogP contribution is -2.31. The van der Waals surface area contributed by atoms with Crippen LogP contribution in [-0.4, -0.2) is 39.8 Å². The summed E-state index contributed by atoms with van der Waals surface area (Å²) in [6, 6.07) is 0. The molecule has 0 saturated carbocycles. The Bertz CT molecular complexity index is 790. The van der Waals surface area contributed by atoms with Gasteiger partial charge >= 0.3 is 0 Å². The molecule has 2 aromatic rings. The van der Waals surface area contributed by atoms with E-state index in [0.29, 0.717) is 5.92 Å². The highest BCUT2D eigenvalue weighted by atomic mass is 16.2. The van der Waals surface area contributed by atoms with Crippen LogP contribution in [0.25, 0.3) is 11.2 Å². The lowest BCUT2D eigenvalue weighted by Gasteiger charge is -2.33. The van der Waals surface area contributed by atoms with E-state index in [4.69, 9.17) is 15.1 Å². The van der Waals surface area contributed by atoms with Crippen molar-refractivity contribution in [3.63, 3.8) is 0 Å². The van der Waals surface area contributed by atoms with Crippen LogP contribution in [0.5, 0.6) is 0 Å². The third-order valence-electron chi connectivity index (χ3n) is 5.88. The van der Waals surface area contributed by atoms with E-state index in [0.717, 1.165) is 57.3 Å². The molecule has 1 atom stereocenters. The van der Waals surface area contributed by atoms with Crippen LogP contribution >= 0.6 is 0 Å². The molecule has 4 rings (SSSR count). The molecule has 1 fully saturated rings. The molecule has 5 nitrogen and oxygen atoms in total. The Balaban J connectivity index is 0.000000707. The Morgan fingerprint density at radius 2 is 1.76 bits per heavy atom. The molecular formula is C24H40N4O. The molecule has 2 aromatic heterocycles. The maximum absolute atomic E-state index is 7.00. The van der Waals surface area contributed by atoms with Crippen LogP contribution in [-0.2, 0) is 13.0 Å². The molecule has 1 saturated heterocycles. The van der Waals surface area contributed by atoms with E-state index >= 15 is 0 Å². The van der Waals surface area contributed by atoms with Gasteiger partial charge in [-0.3, -0.25) is 0 Å². The van der Waals surface area contributed by atoms with Crippen LogP contribution in [0.2, 0.25) is 0 Å². The maximum atomic E-state index is 7.00. The standard InChI is InChI=1S/C21H30N4.C2H6.CH4O/c1-4-10-16(5-2)18-15(3)22-21-20(25-14-9-11-17(25)23-21)19(18)24-12-7-6-8-13-24;2*1-2/h5,16H,2,4,6-14H2,1,3H3;1-2H3;2H,1H3. The number of fused-ring (bicyclic) bond motifs is 3. The van der Waals surface area contributed by atoms with Gasteiger partial charge < -0.3 is 14.6 Å². The average molecular weight is 401 g/mol. The maximum Gasteiger partial charge on any atom is 0.180 e. The van der Waals surface area contributed by atoms with E-state index in [1.54, 1.807) is 0 Å². The highest BCUT2D eigenvalue weighted by Gasteiger charge is 2.28. The van der Waals surface area contributed by atoms with Crippen molar-refractivity contribution in [3.05, 3.63) is 29.7 Å². The zero-order valence-corrected chi connectivity index (χ0v) is 19.2. The Morgan fingerprint density at radius 3 is 2.38 bits per heavy atom. The second kappa shape index (κ2) is 11.3. The molecule has 4 heterocycles. The quantitative estimate of drug-likeness (QED) is 0.685. The number of pyridine rings is 1. The molecule has 5 heteroatoms. The zero-order chi connectivity index (χ0) is 21.4. The van der Waals surface area contributed by atoms with E-state index in [-0.39, 0.29) is 0 Å². The summed E-state index contributed by atoms with van der Waals surface area (Å²) in [5.41, 5.74) is 6.21. The number of aromatic nitrogens is 3. The van der Waals surface area contributed by atoms with Gasteiger partial charge in [0.05, 0.1) is 5.69 Å². The van der Waals surface area contributed by atoms with Crippen LogP contribution in [0.15, 0.2) is 12.7 Å². The molecule has 0 amide bonds. The fourth-order valence-electron chi connectivity index (χ4n) is 4.71. The Kier molecular flexibility index (Phi) is 9.15. The second-order valence-electron chi connectivity index (χ2n) is 7.59. The Morgan fingerprint density at radius 1 is 1.07 bits per heavy atom. The monoisotopic (exact) mass is 400 g/mol. The first-order valence-electron chi connectivity index (χ1n) is 11.5. The first-order chi connectivity index (χ1) is 14.2. The van der Waals surface area contributed by atoms with Gasteiger partial charge in [0.15, 0.2) is 5.65 Å². The first kappa shape index (κ1) is 23.4. The van der Waals surface area contributed by atoms with E-state index in [1.165, 1.54) is 48.3 Å². The van der Waals surface area contributed by atoms with Crippen molar-refractivity contribution < 1.29 is 5.11 Å². The molecule has 29 heavy (non-hydrogen) atoms. The van der Waals surface area contributed by atoms with Crippen LogP contribution in [0.4, 0.5) is 5.69 Å². The number of imidazole rings is 1. The summed E-state index contributed by atoms with van der Waals surface area (Å²) in [6.45, 7) is 16.0. The van der Waals surface area contributed by atoms with E-state index in [1.807, 2.05) is 13.8 Å². The van der Waals surface area contributed by atoms with Gasteiger partial charge in [-0.2, -0.15) is 0 Å². The van der Waals surface area contributed by atoms with Gasteiger partial charge in [0.2, 0.25) is 0 Å². The van der Waals surface area contributed by atoms with Gasteiger partial charge in [-0.15, -0.1) is 6.58 Å². The molecule has 0 bridgehead atoms. The predicted molar refractivity (Wildman–Crippen MR) is 124 cm³/mol. The summed E-state index contributed by atoms with van der Waals surface area (Å²) in [5.74, 6) is 1.61. The summed E-state index contributed by atoms with van der Waals surface area (Å²) in [7, 11) is 1.00. The van der Waals surface area contributed by atoms with Gasteiger partial charge in [0, 0.05) is 50.3 Å². The van der Waals surface area contributed by atoms with E-state index in [9.17, 15) is 0 Å². The van der Waals surface area contributed by atoms with Gasteiger partial charge in [-0.05, 0) is 39.0 Å². The summed E-state index contributed by atoms with van der Waals surface area (Å²) < 4.78 is 2.45. The number of anilines is 1. The van der Waals surface area contributed by atoms with Crippen LogP contribution in [0.3, 0.4) is 0 Å². The average Bonchev–Trinajstić information content (AvgIpc) is 3.36. The van der Waals surface area contributed by atoms with Crippen molar-refractivity contribution >= 4 is 16.9 Å². The molecule has 1 unspecified atom stereocenters. The fourth-order valence-corrected chi connectivity index (χ4v) is 4.71. The highest BCUT2D eigenvalue weighted by Crippen LogP contribution is 2.41. The number of aryl methyl sites for hydroxylation is 3. The molecule has 0 aromatic carbocycles. The minimum Gasteiger partial charge on any atom is -0.400 e. The number of hydrogen-bond acceptors (Lipinski definition) is 4. The topological polar surface area (TPSA) is 54.2 Å². The number of rotatable bonds is 5. The number of aliphatic hydroxyl groups excluding tert-OH is 1. The number of piperidine rings is 1. The van der Waals surface area contributed by atoms with Gasteiger partial charge in [0.1, 0.15) is 11.3 Å². The molecule has 2 aliphatic heterocycles. The second-order valence-corrected chi connectivity index (χ2v) is 7.59. The molecule has 162 valence electrons. The van der Waals surface area contributed by atoms with Gasteiger partial charge in [-0.25, -0.2) is 9.97 Å². The first-order valence-corrected chi connectivity index (χ1v) is 11.5. The Labute approximate surface area is 176 Å². The molecule has 0 spiro atoms. The van der Waals surface area contributed by atoms with Crippen LogP contribution < -0.4 is 4.90 Å². The number of hydrogen-bond donors (Lipinski definition) is 1. The van der Waals surface area contributed by atoms with Crippen molar-refractivity contribution in [2.45, 2.75) is 85.1 Å². The van der Waals surface area contributed by atoms with Crippen molar-refractivity contribution in [1.82, 2.24) is 14.5 Å². The smallest absolute Gasteiger partial charge is 0.180 e. The molecule has 0 radical (unpaired) electrons. The van der Waals surface area contributed by atoms with Gasteiger partial charge in [0.25, 0.3) is 0 Å². The van der Waals surface area contributed by atoms with Crippen molar-refractivity contribution in [1.29, 1.82) is 0 Å². The van der Waals surface area contributed by atoms with Crippen molar-refractivity contribution in [2.75, 3.05) is 25.1 Å². The number of allylic oxidation sites excluding steroid dienone is 1. The molecule has 0 aliphatic carbocycles. The lowest BCUT2D eigenvalue weighted by molar-refractivity contribution is 0.399.